The Morgan fingerprint density at radius 3 is 2.75 bits per heavy atom. The van der Waals surface area contributed by atoms with E-state index in [4.69, 9.17) is 4.74 Å². The standard InChI is InChI=1S/C18H20N2O3S/c1-3-23-17(21)15-12-8-6-10-14(12)24-16(15)20-18(22)19-13-9-5-4-7-11(13)2/h4-5,7,9H,3,6,8,10H2,1-2H3,(H2,19,20,22). The molecule has 126 valence electrons. The van der Waals surface area contributed by atoms with E-state index in [2.05, 4.69) is 10.6 Å². The minimum atomic E-state index is -0.358. The molecule has 3 rings (SSSR count). The zero-order valence-electron chi connectivity index (χ0n) is 13.8. The van der Waals surface area contributed by atoms with E-state index in [1.54, 1.807) is 6.92 Å². The van der Waals surface area contributed by atoms with E-state index in [1.807, 2.05) is 31.2 Å². The number of thiophene rings is 1. The maximum atomic E-state index is 12.3. The van der Waals surface area contributed by atoms with Crippen LogP contribution in [-0.4, -0.2) is 18.6 Å². The third-order valence-electron chi connectivity index (χ3n) is 4.02. The number of nitrogens with one attached hydrogen (secondary N) is 2. The van der Waals surface area contributed by atoms with Crippen LogP contribution in [0.5, 0.6) is 0 Å². The van der Waals surface area contributed by atoms with Crippen LogP contribution < -0.4 is 10.6 Å². The van der Waals surface area contributed by atoms with Gasteiger partial charge in [-0.25, -0.2) is 9.59 Å². The molecule has 0 unspecified atom stereocenters. The first-order chi connectivity index (χ1) is 11.6. The van der Waals surface area contributed by atoms with Crippen molar-refractivity contribution < 1.29 is 14.3 Å². The number of anilines is 2. The first-order valence-corrected chi connectivity index (χ1v) is 8.87. The van der Waals surface area contributed by atoms with Gasteiger partial charge in [-0.2, -0.15) is 0 Å². The van der Waals surface area contributed by atoms with E-state index in [1.165, 1.54) is 16.2 Å². The lowest BCUT2D eigenvalue weighted by atomic mass is 10.1. The second-order valence-electron chi connectivity index (χ2n) is 5.68. The molecule has 2 N–H and O–H groups in total. The summed E-state index contributed by atoms with van der Waals surface area (Å²) in [6.45, 7) is 4.03. The molecule has 0 spiro atoms. The predicted octanol–water partition coefficient (Wildman–Crippen LogP) is 4.37. The zero-order chi connectivity index (χ0) is 17.1. The van der Waals surface area contributed by atoms with Gasteiger partial charge in [-0.3, -0.25) is 5.32 Å². The van der Waals surface area contributed by atoms with E-state index in [9.17, 15) is 9.59 Å². The van der Waals surface area contributed by atoms with Crippen molar-refractivity contribution in [1.82, 2.24) is 0 Å². The van der Waals surface area contributed by atoms with Crippen LogP contribution in [0.4, 0.5) is 15.5 Å². The summed E-state index contributed by atoms with van der Waals surface area (Å²) in [6.07, 6.45) is 2.86. The zero-order valence-corrected chi connectivity index (χ0v) is 14.6. The number of aryl methyl sites for hydroxylation is 2. The number of benzene rings is 1. The van der Waals surface area contributed by atoms with Gasteiger partial charge in [0, 0.05) is 10.6 Å². The van der Waals surface area contributed by atoms with Gasteiger partial charge in [0.1, 0.15) is 5.00 Å². The van der Waals surface area contributed by atoms with Crippen LogP contribution in [0, 0.1) is 6.92 Å². The Bertz CT molecular complexity index is 783. The largest absolute Gasteiger partial charge is 0.462 e. The molecule has 6 heteroatoms. The fourth-order valence-corrected chi connectivity index (χ4v) is 4.15. The van der Waals surface area contributed by atoms with Gasteiger partial charge >= 0.3 is 12.0 Å². The number of para-hydroxylation sites is 1. The lowest BCUT2D eigenvalue weighted by Crippen LogP contribution is -2.21. The van der Waals surface area contributed by atoms with Crippen molar-refractivity contribution in [2.45, 2.75) is 33.1 Å². The highest BCUT2D eigenvalue weighted by molar-refractivity contribution is 7.17. The Labute approximate surface area is 145 Å². The maximum absolute atomic E-state index is 12.3. The molecule has 0 bridgehead atoms. The van der Waals surface area contributed by atoms with Crippen LogP contribution in [0.1, 0.15) is 39.7 Å². The average Bonchev–Trinajstić information content (AvgIpc) is 3.10. The molecule has 0 atom stereocenters. The minimum Gasteiger partial charge on any atom is -0.462 e. The lowest BCUT2D eigenvalue weighted by Gasteiger charge is -2.10. The summed E-state index contributed by atoms with van der Waals surface area (Å²) >= 11 is 1.47. The summed E-state index contributed by atoms with van der Waals surface area (Å²) in [5.74, 6) is -0.358. The Morgan fingerprint density at radius 1 is 1.21 bits per heavy atom. The van der Waals surface area contributed by atoms with Crippen molar-refractivity contribution in [3.63, 3.8) is 0 Å². The maximum Gasteiger partial charge on any atom is 0.341 e. The summed E-state index contributed by atoms with van der Waals surface area (Å²) < 4.78 is 5.17. The van der Waals surface area contributed by atoms with Gasteiger partial charge in [-0.05, 0) is 50.3 Å². The Kier molecular flexibility index (Phi) is 4.85. The number of urea groups is 1. The number of fused-ring (bicyclic) bond motifs is 1. The van der Waals surface area contributed by atoms with Crippen LogP contribution >= 0.6 is 11.3 Å². The molecule has 5 nitrogen and oxygen atoms in total. The molecule has 0 saturated heterocycles. The van der Waals surface area contributed by atoms with Gasteiger partial charge in [0.25, 0.3) is 0 Å². The Hall–Kier alpha value is -2.34. The fraction of sp³-hybridized carbons (Fsp3) is 0.333. The van der Waals surface area contributed by atoms with Gasteiger partial charge < -0.3 is 10.1 Å². The lowest BCUT2D eigenvalue weighted by molar-refractivity contribution is 0.0527. The van der Waals surface area contributed by atoms with Crippen LogP contribution in [-0.2, 0) is 17.6 Å². The van der Waals surface area contributed by atoms with Crippen LogP contribution in [0.25, 0.3) is 0 Å². The summed E-state index contributed by atoms with van der Waals surface area (Å²) in [6, 6.07) is 7.21. The Morgan fingerprint density at radius 2 is 2.00 bits per heavy atom. The number of carbonyl (C=O) groups excluding carboxylic acids is 2. The third kappa shape index (κ3) is 3.28. The highest BCUT2D eigenvalue weighted by Gasteiger charge is 2.28. The number of esters is 1. The monoisotopic (exact) mass is 344 g/mol. The number of carbonyl (C=O) groups is 2. The summed E-state index contributed by atoms with van der Waals surface area (Å²) in [7, 11) is 0. The number of amides is 2. The van der Waals surface area contributed by atoms with Crippen molar-refractivity contribution in [3.8, 4) is 0 Å². The molecule has 2 amide bonds. The molecule has 2 aromatic rings. The SMILES string of the molecule is CCOC(=O)c1c(NC(=O)Nc2ccccc2C)sc2c1CCC2. The van der Waals surface area contributed by atoms with E-state index < -0.39 is 0 Å². The van der Waals surface area contributed by atoms with Gasteiger partial charge in [0.15, 0.2) is 0 Å². The second-order valence-corrected chi connectivity index (χ2v) is 6.78. The van der Waals surface area contributed by atoms with Crippen LogP contribution in [0.3, 0.4) is 0 Å². The normalized spacial score (nSPS) is 12.6. The summed E-state index contributed by atoms with van der Waals surface area (Å²) in [5.41, 5.74) is 3.28. The molecular weight excluding hydrogens is 324 g/mol. The number of ether oxygens (including phenoxy) is 1. The molecule has 0 aliphatic heterocycles. The van der Waals surface area contributed by atoms with Gasteiger partial charge in [-0.1, -0.05) is 18.2 Å². The topological polar surface area (TPSA) is 67.4 Å². The molecule has 1 heterocycles. The minimum absolute atomic E-state index is 0.318. The smallest absolute Gasteiger partial charge is 0.341 e. The van der Waals surface area contributed by atoms with Crippen molar-refractivity contribution in [1.29, 1.82) is 0 Å². The van der Waals surface area contributed by atoms with Crippen LogP contribution in [0.15, 0.2) is 24.3 Å². The molecule has 1 aromatic heterocycles. The highest BCUT2D eigenvalue weighted by Crippen LogP contribution is 2.39. The fourth-order valence-electron chi connectivity index (χ4n) is 2.88. The molecule has 1 aromatic carbocycles. The highest BCUT2D eigenvalue weighted by atomic mass is 32.1. The van der Waals surface area contributed by atoms with E-state index in [-0.39, 0.29) is 12.0 Å². The number of hydrogen-bond donors (Lipinski definition) is 2. The molecular formula is C18H20N2O3S. The van der Waals surface area contributed by atoms with Crippen molar-refractivity contribution >= 4 is 34.0 Å². The van der Waals surface area contributed by atoms with Crippen molar-refractivity contribution in [2.24, 2.45) is 0 Å². The van der Waals surface area contributed by atoms with Crippen LogP contribution in [0.2, 0.25) is 0 Å². The molecule has 0 radical (unpaired) electrons. The molecule has 24 heavy (non-hydrogen) atoms. The van der Waals surface area contributed by atoms with E-state index in [0.29, 0.717) is 17.2 Å². The quantitative estimate of drug-likeness (QED) is 0.810. The Balaban J connectivity index is 1.81. The second kappa shape index (κ2) is 7.05. The van der Waals surface area contributed by atoms with Crippen molar-refractivity contribution in [3.05, 3.63) is 45.8 Å². The predicted molar refractivity (Wildman–Crippen MR) is 96.1 cm³/mol. The molecule has 0 fully saturated rings. The molecule has 1 aliphatic carbocycles. The summed E-state index contributed by atoms with van der Waals surface area (Å²) in [5, 5.41) is 6.22. The van der Waals surface area contributed by atoms with E-state index in [0.717, 1.165) is 36.1 Å². The first-order valence-electron chi connectivity index (χ1n) is 8.05. The van der Waals surface area contributed by atoms with Gasteiger partial charge in [0.05, 0.1) is 12.2 Å². The third-order valence-corrected chi connectivity index (χ3v) is 5.23. The average molecular weight is 344 g/mol. The van der Waals surface area contributed by atoms with E-state index >= 15 is 0 Å². The number of rotatable bonds is 4. The number of hydrogen-bond acceptors (Lipinski definition) is 4. The van der Waals surface area contributed by atoms with Gasteiger partial charge in [0.2, 0.25) is 0 Å². The van der Waals surface area contributed by atoms with Crippen molar-refractivity contribution in [2.75, 3.05) is 17.2 Å². The first kappa shape index (κ1) is 16.5. The summed E-state index contributed by atoms with van der Waals surface area (Å²) in [4.78, 5) is 25.8. The molecule has 1 aliphatic rings. The molecule has 0 saturated carbocycles. The van der Waals surface area contributed by atoms with Gasteiger partial charge in [-0.15, -0.1) is 11.3 Å².